The second kappa shape index (κ2) is 16.0. The first-order valence-corrected chi connectivity index (χ1v) is 9.85. The normalized spacial score (nSPS) is 10.5. The lowest BCUT2D eigenvalue weighted by atomic mass is 10.1. The third-order valence-corrected chi connectivity index (χ3v) is 4.16. The van der Waals surface area contributed by atoms with Crippen molar-refractivity contribution < 1.29 is 23.9 Å². The molecule has 0 aromatic rings. The van der Waals surface area contributed by atoms with E-state index in [1.165, 1.54) is 25.7 Å². The third-order valence-electron chi connectivity index (χ3n) is 4.16. The van der Waals surface area contributed by atoms with Crippen molar-refractivity contribution in [1.29, 1.82) is 0 Å². The van der Waals surface area contributed by atoms with E-state index in [0.717, 1.165) is 38.5 Å². The fraction of sp³-hybridized carbons (Fsp3) is 0.800. The minimum Gasteiger partial charge on any atom is -0.381 e. The predicted octanol–water partition coefficient (Wildman–Crippen LogP) is 4.70. The molecule has 0 aromatic carbocycles. The van der Waals surface area contributed by atoms with Gasteiger partial charge in [-0.25, -0.2) is 9.59 Å². The molecule has 0 aliphatic heterocycles. The Kier molecular flexibility index (Phi) is 15.0. The van der Waals surface area contributed by atoms with Crippen LogP contribution >= 0.6 is 0 Å². The molecule has 0 N–H and O–H groups in total. The fourth-order valence-electron chi connectivity index (χ4n) is 2.53. The Labute approximate surface area is 151 Å². The van der Waals surface area contributed by atoms with E-state index >= 15 is 0 Å². The second-order valence-corrected chi connectivity index (χ2v) is 6.56. The number of carbonyl (C=O) groups is 4. The number of unbranched alkanes of at least 4 members (excludes halogenated alkanes) is 10. The highest BCUT2D eigenvalue weighted by atomic mass is 16.6. The number of carbonyl (C=O) groups excluding carboxylic acids is 4. The molecule has 0 saturated carbocycles. The highest BCUT2D eigenvalue weighted by molar-refractivity contribution is 6.42. The van der Waals surface area contributed by atoms with Crippen LogP contribution in [0.4, 0.5) is 0 Å². The van der Waals surface area contributed by atoms with Crippen LogP contribution in [0.2, 0.25) is 0 Å². The van der Waals surface area contributed by atoms with Crippen molar-refractivity contribution in [3.05, 3.63) is 0 Å². The van der Waals surface area contributed by atoms with Crippen LogP contribution in [0.25, 0.3) is 0 Å². The van der Waals surface area contributed by atoms with Crippen LogP contribution < -0.4 is 0 Å². The fourth-order valence-corrected chi connectivity index (χ4v) is 2.53. The molecule has 0 rings (SSSR count). The quantitative estimate of drug-likeness (QED) is 0.174. The van der Waals surface area contributed by atoms with Crippen LogP contribution in [0, 0.1) is 0 Å². The Bertz CT molecular complexity index is 414. The zero-order valence-electron chi connectivity index (χ0n) is 15.9. The number of ketones is 2. The molecule has 5 heteroatoms. The van der Waals surface area contributed by atoms with Crippen LogP contribution in [0.3, 0.4) is 0 Å². The van der Waals surface area contributed by atoms with E-state index in [1.807, 2.05) is 6.92 Å². The molecule has 0 amide bonds. The lowest BCUT2D eigenvalue weighted by Gasteiger charge is -2.03. The van der Waals surface area contributed by atoms with Crippen LogP contribution in [-0.4, -0.2) is 23.5 Å². The van der Waals surface area contributed by atoms with Crippen molar-refractivity contribution in [2.45, 2.75) is 104 Å². The van der Waals surface area contributed by atoms with Crippen LogP contribution in [-0.2, 0) is 23.9 Å². The number of Topliss-reactive ketones (excluding diaryl/α,β-unsaturated/α-hetero) is 2. The number of ether oxygens (including phenoxy) is 1. The molecule has 0 bridgehead atoms. The van der Waals surface area contributed by atoms with E-state index in [2.05, 4.69) is 11.7 Å². The molecule has 144 valence electrons. The van der Waals surface area contributed by atoms with E-state index in [-0.39, 0.29) is 12.8 Å². The summed E-state index contributed by atoms with van der Waals surface area (Å²) in [7, 11) is 0. The van der Waals surface area contributed by atoms with Gasteiger partial charge in [0.2, 0.25) is 11.6 Å². The summed E-state index contributed by atoms with van der Waals surface area (Å²) in [5, 5.41) is 0. The van der Waals surface area contributed by atoms with Gasteiger partial charge in [-0.3, -0.25) is 9.59 Å². The van der Waals surface area contributed by atoms with Gasteiger partial charge in [0, 0.05) is 12.8 Å². The van der Waals surface area contributed by atoms with Gasteiger partial charge in [-0.05, 0) is 12.8 Å². The Balaban J connectivity index is 3.77. The van der Waals surface area contributed by atoms with E-state index in [9.17, 15) is 19.2 Å². The van der Waals surface area contributed by atoms with Gasteiger partial charge in [-0.2, -0.15) is 0 Å². The van der Waals surface area contributed by atoms with Crippen molar-refractivity contribution in [2.24, 2.45) is 0 Å². The van der Waals surface area contributed by atoms with Crippen LogP contribution in [0.1, 0.15) is 104 Å². The summed E-state index contributed by atoms with van der Waals surface area (Å²) in [6.45, 7) is 4.22. The molecular formula is C20H34O5. The number of hydrogen-bond acceptors (Lipinski definition) is 5. The van der Waals surface area contributed by atoms with E-state index < -0.39 is 23.5 Å². The summed E-state index contributed by atoms with van der Waals surface area (Å²) < 4.78 is 4.38. The number of rotatable bonds is 16. The summed E-state index contributed by atoms with van der Waals surface area (Å²) in [4.78, 5) is 46.2. The maximum Gasteiger partial charge on any atom is 0.382 e. The number of hydrogen-bond donors (Lipinski definition) is 0. The Hall–Kier alpha value is -1.52. The van der Waals surface area contributed by atoms with Gasteiger partial charge in [0.15, 0.2) is 0 Å². The maximum absolute atomic E-state index is 11.6. The van der Waals surface area contributed by atoms with Crippen LogP contribution in [0.15, 0.2) is 0 Å². The minimum atomic E-state index is -1.20. The zero-order chi connectivity index (χ0) is 18.9. The Morgan fingerprint density at radius 2 is 0.840 bits per heavy atom. The van der Waals surface area contributed by atoms with Crippen molar-refractivity contribution >= 4 is 23.5 Å². The SMILES string of the molecule is CCCCCCCCCCC(=O)C(=O)OC(=O)C(=O)CCCCCC. The Morgan fingerprint density at radius 1 is 0.520 bits per heavy atom. The van der Waals surface area contributed by atoms with Gasteiger partial charge in [-0.1, -0.05) is 78.1 Å². The molecule has 25 heavy (non-hydrogen) atoms. The van der Waals surface area contributed by atoms with E-state index in [4.69, 9.17) is 0 Å². The third kappa shape index (κ3) is 13.4. The van der Waals surface area contributed by atoms with Gasteiger partial charge in [-0.15, -0.1) is 0 Å². The molecule has 0 heterocycles. The summed E-state index contributed by atoms with van der Waals surface area (Å²) in [5.41, 5.74) is 0. The summed E-state index contributed by atoms with van der Waals surface area (Å²) in [6, 6.07) is 0. The van der Waals surface area contributed by atoms with Gasteiger partial charge < -0.3 is 4.74 Å². The molecule has 0 radical (unpaired) electrons. The van der Waals surface area contributed by atoms with Gasteiger partial charge in [0.1, 0.15) is 0 Å². The second-order valence-electron chi connectivity index (χ2n) is 6.56. The van der Waals surface area contributed by atoms with Gasteiger partial charge in [0.05, 0.1) is 0 Å². The van der Waals surface area contributed by atoms with Crippen molar-refractivity contribution in [1.82, 2.24) is 0 Å². The lowest BCUT2D eigenvalue weighted by molar-refractivity contribution is -0.167. The monoisotopic (exact) mass is 354 g/mol. The number of esters is 2. The maximum atomic E-state index is 11.6. The average Bonchev–Trinajstić information content (AvgIpc) is 2.60. The molecule has 0 saturated heterocycles. The molecular weight excluding hydrogens is 320 g/mol. The molecule has 5 nitrogen and oxygen atoms in total. The first kappa shape index (κ1) is 23.5. The molecule has 0 aliphatic carbocycles. The molecule has 0 unspecified atom stereocenters. The average molecular weight is 354 g/mol. The van der Waals surface area contributed by atoms with Crippen molar-refractivity contribution in [3.63, 3.8) is 0 Å². The van der Waals surface area contributed by atoms with Crippen LogP contribution in [0.5, 0.6) is 0 Å². The molecule has 0 fully saturated rings. The molecule has 0 aliphatic rings. The molecule has 0 aromatic heterocycles. The summed E-state index contributed by atoms with van der Waals surface area (Å²) >= 11 is 0. The first-order valence-electron chi connectivity index (χ1n) is 9.85. The lowest BCUT2D eigenvalue weighted by Crippen LogP contribution is -2.26. The largest absolute Gasteiger partial charge is 0.382 e. The highest BCUT2D eigenvalue weighted by Gasteiger charge is 2.23. The highest BCUT2D eigenvalue weighted by Crippen LogP contribution is 2.10. The van der Waals surface area contributed by atoms with Gasteiger partial charge in [0.25, 0.3) is 0 Å². The summed E-state index contributed by atoms with van der Waals surface area (Å²) in [6.07, 6.45) is 12.2. The van der Waals surface area contributed by atoms with E-state index in [0.29, 0.717) is 12.8 Å². The van der Waals surface area contributed by atoms with Crippen molar-refractivity contribution in [2.75, 3.05) is 0 Å². The van der Waals surface area contributed by atoms with Gasteiger partial charge >= 0.3 is 11.9 Å². The zero-order valence-corrected chi connectivity index (χ0v) is 15.9. The summed E-state index contributed by atoms with van der Waals surface area (Å²) in [5.74, 6) is -3.86. The first-order chi connectivity index (χ1) is 12.0. The predicted molar refractivity (Wildman–Crippen MR) is 97.1 cm³/mol. The smallest absolute Gasteiger partial charge is 0.381 e. The van der Waals surface area contributed by atoms with E-state index in [1.54, 1.807) is 0 Å². The van der Waals surface area contributed by atoms with Crippen molar-refractivity contribution in [3.8, 4) is 0 Å². The Morgan fingerprint density at radius 3 is 1.24 bits per heavy atom. The standard InChI is InChI=1S/C20H34O5/c1-3-5-7-9-10-11-12-14-16-18(22)20(24)25-19(23)17(21)15-13-8-6-4-2/h3-16H2,1-2H3. The molecule has 0 atom stereocenters. The molecule has 0 spiro atoms. The minimum absolute atomic E-state index is 0.0678. The topological polar surface area (TPSA) is 77.5 Å².